The maximum atomic E-state index is 12.0. The molecular formula is C12H18N2O3S. The molecule has 0 saturated heterocycles. The van der Waals surface area contributed by atoms with Gasteiger partial charge in [0.15, 0.2) is 5.01 Å². The standard InChI is InChI=1S/C12H18N2O3S/c1-5-8(9(15)10-13-6-7-18-10)14-11(16)17-12(2,3)4/h6-8H,5H2,1-4H3,(H,14,16)/t8-/m0/s1. The van der Waals surface area contributed by atoms with Crippen molar-refractivity contribution in [3.8, 4) is 0 Å². The average Bonchev–Trinajstić information content (AvgIpc) is 2.75. The van der Waals surface area contributed by atoms with E-state index in [1.54, 1.807) is 32.3 Å². The third kappa shape index (κ3) is 4.44. The summed E-state index contributed by atoms with van der Waals surface area (Å²) in [4.78, 5) is 27.6. The molecule has 1 atom stereocenters. The molecular weight excluding hydrogens is 252 g/mol. The summed E-state index contributed by atoms with van der Waals surface area (Å²) in [6, 6.07) is -0.592. The Hall–Kier alpha value is -1.43. The molecule has 6 heteroatoms. The molecule has 5 nitrogen and oxygen atoms in total. The summed E-state index contributed by atoms with van der Waals surface area (Å²) < 4.78 is 5.12. The largest absolute Gasteiger partial charge is 0.444 e. The Balaban J connectivity index is 2.63. The van der Waals surface area contributed by atoms with E-state index in [1.165, 1.54) is 11.3 Å². The summed E-state index contributed by atoms with van der Waals surface area (Å²) in [5.41, 5.74) is -0.577. The Bertz CT molecular complexity index is 409. The zero-order valence-electron chi connectivity index (χ0n) is 11.0. The zero-order valence-corrected chi connectivity index (χ0v) is 11.8. The van der Waals surface area contributed by atoms with Gasteiger partial charge in [0, 0.05) is 11.6 Å². The Morgan fingerprint density at radius 1 is 1.50 bits per heavy atom. The predicted molar refractivity (Wildman–Crippen MR) is 69.9 cm³/mol. The van der Waals surface area contributed by atoms with E-state index in [0.717, 1.165) is 0 Å². The minimum absolute atomic E-state index is 0.182. The fourth-order valence-corrected chi connectivity index (χ4v) is 1.93. The Morgan fingerprint density at radius 3 is 2.61 bits per heavy atom. The molecule has 1 rings (SSSR count). The van der Waals surface area contributed by atoms with Crippen molar-refractivity contribution in [3.05, 3.63) is 16.6 Å². The van der Waals surface area contributed by atoms with Crippen LogP contribution in [-0.4, -0.2) is 28.5 Å². The van der Waals surface area contributed by atoms with Crippen LogP contribution in [0, 0.1) is 0 Å². The van der Waals surface area contributed by atoms with Gasteiger partial charge in [-0.15, -0.1) is 11.3 Å². The fraction of sp³-hybridized carbons (Fsp3) is 0.583. The van der Waals surface area contributed by atoms with Crippen molar-refractivity contribution in [2.45, 2.75) is 45.8 Å². The van der Waals surface area contributed by atoms with Crippen molar-refractivity contribution >= 4 is 23.2 Å². The first kappa shape index (κ1) is 14.6. The van der Waals surface area contributed by atoms with Crippen LogP contribution in [0.4, 0.5) is 4.79 Å². The monoisotopic (exact) mass is 270 g/mol. The van der Waals surface area contributed by atoms with E-state index in [-0.39, 0.29) is 5.78 Å². The van der Waals surface area contributed by atoms with Crippen LogP contribution < -0.4 is 5.32 Å². The summed E-state index contributed by atoms with van der Waals surface area (Å²) >= 11 is 1.26. The van der Waals surface area contributed by atoms with Gasteiger partial charge in [0.05, 0.1) is 6.04 Å². The van der Waals surface area contributed by atoms with E-state index in [4.69, 9.17) is 4.74 Å². The minimum Gasteiger partial charge on any atom is -0.444 e. The van der Waals surface area contributed by atoms with Crippen molar-refractivity contribution in [1.29, 1.82) is 0 Å². The molecule has 0 bridgehead atoms. The van der Waals surface area contributed by atoms with Crippen molar-refractivity contribution in [3.63, 3.8) is 0 Å². The lowest BCUT2D eigenvalue weighted by molar-refractivity contribution is 0.0490. The third-order valence-electron chi connectivity index (χ3n) is 2.06. The number of carbonyl (C=O) groups is 2. The molecule has 18 heavy (non-hydrogen) atoms. The van der Waals surface area contributed by atoms with Gasteiger partial charge in [-0.1, -0.05) is 6.92 Å². The maximum absolute atomic E-state index is 12.0. The molecule has 100 valence electrons. The summed E-state index contributed by atoms with van der Waals surface area (Å²) in [6.07, 6.45) is 1.48. The Kier molecular flexibility index (Phi) is 4.84. The van der Waals surface area contributed by atoms with Crippen LogP contribution in [0.1, 0.15) is 43.9 Å². The molecule has 1 amide bonds. The van der Waals surface area contributed by atoms with E-state index in [9.17, 15) is 9.59 Å². The molecule has 1 N–H and O–H groups in total. The van der Waals surface area contributed by atoms with E-state index in [1.807, 2.05) is 6.92 Å². The lowest BCUT2D eigenvalue weighted by Crippen LogP contribution is -2.43. The number of aromatic nitrogens is 1. The van der Waals surface area contributed by atoms with Crippen molar-refractivity contribution in [2.75, 3.05) is 0 Å². The second-order valence-electron chi connectivity index (χ2n) is 4.81. The quantitative estimate of drug-likeness (QED) is 0.854. The first-order valence-electron chi connectivity index (χ1n) is 5.76. The molecule has 0 spiro atoms. The number of carbonyl (C=O) groups excluding carboxylic acids is 2. The van der Waals surface area contributed by atoms with Gasteiger partial charge in [-0.2, -0.15) is 0 Å². The highest BCUT2D eigenvalue weighted by atomic mass is 32.1. The summed E-state index contributed by atoms with van der Waals surface area (Å²) in [6.45, 7) is 7.15. The number of rotatable bonds is 4. The molecule has 1 heterocycles. The topological polar surface area (TPSA) is 68.3 Å². The number of ketones is 1. The number of amides is 1. The molecule has 0 aliphatic rings. The number of thiazole rings is 1. The fourth-order valence-electron chi connectivity index (χ4n) is 1.30. The third-order valence-corrected chi connectivity index (χ3v) is 2.85. The highest BCUT2D eigenvalue weighted by molar-refractivity contribution is 7.11. The lowest BCUT2D eigenvalue weighted by Gasteiger charge is -2.22. The van der Waals surface area contributed by atoms with E-state index >= 15 is 0 Å². The van der Waals surface area contributed by atoms with Crippen LogP contribution in [-0.2, 0) is 4.74 Å². The highest BCUT2D eigenvalue weighted by Gasteiger charge is 2.25. The summed E-state index contributed by atoms with van der Waals surface area (Å²) in [5.74, 6) is -0.182. The number of hydrogen-bond acceptors (Lipinski definition) is 5. The molecule has 0 radical (unpaired) electrons. The predicted octanol–water partition coefficient (Wildman–Crippen LogP) is 2.63. The van der Waals surface area contributed by atoms with Gasteiger partial charge in [0.25, 0.3) is 0 Å². The van der Waals surface area contributed by atoms with Gasteiger partial charge < -0.3 is 10.1 Å². The van der Waals surface area contributed by atoms with Crippen LogP contribution in [0.2, 0.25) is 0 Å². The lowest BCUT2D eigenvalue weighted by atomic mass is 10.1. The molecule has 1 aromatic heterocycles. The maximum Gasteiger partial charge on any atom is 0.408 e. The zero-order chi connectivity index (χ0) is 13.8. The van der Waals surface area contributed by atoms with Gasteiger partial charge in [-0.3, -0.25) is 4.79 Å². The van der Waals surface area contributed by atoms with E-state index < -0.39 is 17.7 Å². The van der Waals surface area contributed by atoms with Crippen LogP contribution in [0.15, 0.2) is 11.6 Å². The molecule has 0 fully saturated rings. The van der Waals surface area contributed by atoms with Crippen molar-refractivity contribution < 1.29 is 14.3 Å². The van der Waals surface area contributed by atoms with Gasteiger partial charge in [0.2, 0.25) is 5.78 Å². The number of hydrogen-bond donors (Lipinski definition) is 1. The molecule has 1 aromatic rings. The van der Waals surface area contributed by atoms with Crippen LogP contribution in [0.3, 0.4) is 0 Å². The van der Waals surface area contributed by atoms with Crippen molar-refractivity contribution in [1.82, 2.24) is 10.3 Å². The van der Waals surface area contributed by atoms with Gasteiger partial charge in [-0.05, 0) is 27.2 Å². The first-order valence-corrected chi connectivity index (χ1v) is 6.64. The molecule has 0 aromatic carbocycles. The number of nitrogens with one attached hydrogen (secondary N) is 1. The summed E-state index contributed by atoms with van der Waals surface area (Å²) in [5, 5.41) is 4.70. The minimum atomic E-state index is -0.592. The number of nitrogens with zero attached hydrogens (tertiary/aromatic N) is 1. The van der Waals surface area contributed by atoms with E-state index in [0.29, 0.717) is 11.4 Å². The van der Waals surface area contributed by atoms with Crippen molar-refractivity contribution in [2.24, 2.45) is 0 Å². The molecule has 0 saturated carbocycles. The highest BCUT2D eigenvalue weighted by Crippen LogP contribution is 2.11. The average molecular weight is 270 g/mol. The normalized spacial score (nSPS) is 12.9. The second kappa shape index (κ2) is 5.95. The van der Waals surface area contributed by atoms with Crippen LogP contribution >= 0.6 is 11.3 Å². The number of alkyl carbamates (subject to hydrolysis) is 1. The molecule has 0 aliphatic carbocycles. The van der Waals surface area contributed by atoms with Crippen LogP contribution in [0.5, 0.6) is 0 Å². The summed E-state index contributed by atoms with van der Waals surface area (Å²) in [7, 11) is 0. The Morgan fingerprint density at radius 2 is 2.17 bits per heavy atom. The van der Waals surface area contributed by atoms with Gasteiger partial charge >= 0.3 is 6.09 Å². The first-order chi connectivity index (χ1) is 8.33. The van der Waals surface area contributed by atoms with E-state index in [2.05, 4.69) is 10.3 Å². The smallest absolute Gasteiger partial charge is 0.408 e. The second-order valence-corrected chi connectivity index (χ2v) is 5.70. The van der Waals surface area contributed by atoms with Gasteiger partial charge in [0.1, 0.15) is 5.60 Å². The Labute approximate surface area is 111 Å². The van der Waals surface area contributed by atoms with Crippen LogP contribution in [0.25, 0.3) is 0 Å². The van der Waals surface area contributed by atoms with Gasteiger partial charge in [-0.25, -0.2) is 9.78 Å². The molecule has 0 unspecified atom stereocenters. The SMILES string of the molecule is CC[C@H](NC(=O)OC(C)(C)C)C(=O)c1nccs1. The molecule has 0 aliphatic heterocycles. The number of Topliss-reactive ketones (excluding diaryl/α,β-unsaturated/α-hetero) is 1. The number of ether oxygens (including phenoxy) is 1.